The van der Waals surface area contributed by atoms with Crippen LogP contribution in [-0.4, -0.2) is 9.36 Å². The molecule has 0 bridgehead atoms. The first kappa shape index (κ1) is 26.0. The van der Waals surface area contributed by atoms with Crippen LogP contribution >= 0.6 is 11.5 Å². The van der Waals surface area contributed by atoms with Crippen LogP contribution in [0.5, 0.6) is 0 Å². The third kappa shape index (κ3) is 5.52. The number of rotatable bonds is 6. The van der Waals surface area contributed by atoms with E-state index in [4.69, 9.17) is 4.98 Å². The largest absolute Gasteiger partial charge is 0.340 e. The molecule has 2 aromatic heterocycles. The summed E-state index contributed by atoms with van der Waals surface area (Å²) < 4.78 is 4.25. The Morgan fingerprint density at radius 1 is 0.730 bits per heavy atom. The van der Waals surface area contributed by atoms with Gasteiger partial charge in [0.15, 0.2) is 10.8 Å². The predicted octanol–water partition coefficient (Wildman–Crippen LogP) is 8.78. The van der Waals surface area contributed by atoms with Crippen LogP contribution in [0.15, 0.2) is 40.6 Å². The van der Waals surface area contributed by atoms with Gasteiger partial charge in [-0.25, -0.2) is 4.98 Å². The number of benzene rings is 2. The Morgan fingerprint density at radius 2 is 1.27 bits per heavy atom. The summed E-state index contributed by atoms with van der Waals surface area (Å²) >= 11 is 1.17. The smallest absolute Gasteiger partial charge is 0.176 e. The summed E-state index contributed by atoms with van der Waals surface area (Å²) in [5, 5.41) is 26.0. The van der Waals surface area contributed by atoms with Gasteiger partial charge in [0.2, 0.25) is 0 Å². The molecule has 188 valence electrons. The maximum Gasteiger partial charge on any atom is 0.176 e. The number of nitriles is 1. The molecule has 2 N–H and O–H groups in total. The molecule has 0 unspecified atom stereocenters. The summed E-state index contributed by atoms with van der Waals surface area (Å²) in [5.74, 6) is 1.30. The highest BCUT2D eigenvalue weighted by Gasteiger charge is 2.16. The van der Waals surface area contributed by atoms with E-state index in [-0.39, 0.29) is 0 Å². The minimum absolute atomic E-state index is 0.447. The van der Waals surface area contributed by atoms with Gasteiger partial charge in [-0.3, -0.25) is 0 Å². The molecule has 2 heterocycles. The van der Waals surface area contributed by atoms with Crippen molar-refractivity contribution in [1.29, 1.82) is 5.26 Å². The molecule has 0 spiro atoms. The maximum absolute atomic E-state index is 9.49. The molecule has 0 fully saturated rings. The van der Waals surface area contributed by atoms with Crippen LogP contribution in [0.25, 0.3) is 0 Å². The topological polar surface area (TPSA) is 98.4 Å². The van der Waals surface area contributed by atoms with Gasteiger partial charge in [0.05, 0.1) is 5.69 Å². The summed E-state index contributed by atoms with van der Waals surface area (Å²) in [4.78, 5) is 4.94. The van der Waals surface area contributed by atoms with Crippen molar-refractivity contribution in [3.63, 3.8) is 0 Å². The molecule has 0 aliphatic carbocycles. The average molecular weight is 510 g/mol. The van der Waals surface area contributed by atoms with Gasteiger partial charge in [0.1, 0.15) is 23.1 Å². The van der Waals surface area contributed by atoms with Gasteiger partial charge in [-0.1, -0.05) is 35.4 Å². The van der Waals surface area contributed by atoms with Crippen LogP contribution in [0.2, 0.25) is 0 Å². The summed E-state index contributed by atoms with van der Waals surface area (Å²) in [6.07, 6.45) is 0. The predicted molar refractivity (Wildman–Crippen MR) is 153 cm³/mol. The zero-order chi connectivity index (χ0) is 26.9. The third-order valence-electron chi connectivity index (χ3n) is 6.23. The van der Waals surface area contributed by atoms with Crippen molar-refractivity contribution < 1.29 is 0 Å². The monoisotopic (exact) mass is 509 g/mol. The summed E-state index contributed by atoms with van der Waals surface area (Å²) in [6, 6.07) is 12.7. The fraction of sp³-hybridized carbons (Fsp3) is 0.276. The van der Waals surface area contributed by atoms with E-state index in [2.05, 4.69) is 97.1 Å². The third-order valence-corrected chi connectivity index (χ3v) is 7.06. The van der Waals surface area contributed by atoms with Gasteiger partial charge in [-0.2, -0.15) is 9.64 Å². The van der Waals surface area contributed by atoms with Crippen LogP contribution in [0.3, 0.4) is 0 Å². The Balaban J connectivity index is 1.83. The van der Waals surface area contributed by atoms with E-state index in [1.807, 2.05) is 13.0 Å². The first-order valence-corrected chi connectivity index (χ1v) is 12.8. The van der Waals surface area contributed by atoms with E-state index >= 15 is 0 Å². The highest BCUT2D eigenvalue weighted by atomic mass is 32.1. The Kier molecular flexibility index (Phi) is 7.37. The summed E-state index contributed by atoms with van der Waals surface area (Å²) in [5.41, 5.74) is 11.6. The lowest BCUT2D eigenvalue weighted by Crippen LogP contribution is -2.04. The fourth-order valence-electron chi connectivity index (χ4n) is 4.59. The number of anilines is 4. The zero-order valence-electron chi connectivity index (χ0n) is 22.5. The quantitative estimate of drug-likeness (QED) is 0.253. The average Bonchev–Trinajstić information content (AvgIpc) is 3.17. The normalized spacial score (nSPS) is 11.1. The molecule has 4 rings (SSSR count). The lowest BCUT2D eigenvalue weighted by atomic mass is 10.0. The van der Waals surface area contributed by atoms with E-state index < -0.39 is 0 Å². The van der Waals surface area contributed by atoms with E-state index in [9.17, 15) is 5.26 Å². The second-order valence-electron chi connectivity index (χ2n) is 9.58. The number of hydrogen-bond donors (Lipinski definition) is 2. The summed E-state index contributed by atoms with van der Waals surface area (Å²) in [6.45, 7) is 16.3. The second kappa shape index (κ2) is 10.5. The van der Waals surface area contributed by atoms with Crippen molar-refractivity contribution >= 4 is 45.2 Å². The molecule has 4 aromatic rings. The van der Waals surface area contributed by atoms with Gasteiger partial charge in [0, 0.05) is 11.4 Å². The summed E-state index contributed by atoms with van der Waals surface area (Å²) in [7, 11) is 0. The zero-order valence-corrected chi connectivity index (χ0v) is 23.3. The van der Waals surface area contributed by atoms with Crippen molar-refractivity contribution in [3.8, 4) is 6.07 Å². The van der Waals surface area contributed by atoms with E-state index in [1.54, 1.807) is 6.92 Å². The van der Waals surface area contributed by atoms with Crippen molar-refractivity contribution in [2.24, 2.45) is 10.2 Å². The first-order valence-electron chi connectivity index (χ1n) is 12.1. The molecule has 7 nitrogen and oxygen atoms in total. The number of azo groups is 1. The molecule has 0 saturated carbocycles. The van der Waals surface area contributed by atoms with Crippen molar-refractivity contribution in [2.45, 2.75) is 55.4 Å². The molecule has 0 aliphatic heterocycles. The van der Waals surface area contributed by atoms with Gasteiger partial charge in [0.25, 0.3) is 0 Å². The maximum atomic E-state index is 9.49. The number of aromatic nitrogens is 2. The number of nitrogens with one attached hydrogen (secondary N) is 2. The van der Waals surface area contributed by atoms with Crippen LogP contribution in [0.1, 0.15) is 50.2 Å². The second-order valence-corrected chi connectivity index (χ2v) is 10.3. The Labute approximate surface area is 222 Å². The number of nitrogens with zero attached hydrogens (tertiary/aromatic N) is 5. The van der Waals surface area contributed by atoms with Crippen molar-refractivity contribution in [2.75, 3.05) is 10.6 Å². The van der Waals surface area contributed by atoms with Gasteiger partial charge in [-0.05, 0) is 101 Å². The van der Waals surface area contributed by atoms with E-state index in [0.717, 1.165) is 39.2 Å². The molecule has 0 atom stereocenters. The number of hydrogen-bond acceptors (Lipinski definition) is 8. The van der Waals surface area contributed by atoms with E-state index in [0.29, 0.717) is 33.6 Å². The molecule has 0 radical (unpaired) electrons. The molecule has 0 saturated heterocycles. The SMILES string of the molecule is Cc1cc(C)c(Nc2cc(C)c(N=Nc3snc(C)c3C#N)c(Nc3c(C)cc(C)cc3C)n2)c(C)c1. The molecule has 2 aromatic carbocycles. The van der Waals surface area contributed by atoms with Crippen molar-refractivity contribution in [1.82, 2.24) is 9.36 Å². The standard InChI is InChI=1S/C29H31N7S/c1-15-9-17(3)25(18(4)10-15)31-24-13-21(7)27(34-35-29-23(14-30)22(8)36-37-29)28(32-24)33-26-19(5)11-16(2)12-20(26)6/h9-13H,1-8H3,(H2,31,32,33). The molecule has 0 amide bonds. The van der Waals surface area contributed by atoms with Crippen molar-refractivity contribution in [3.05, 3.63) is 80.5 Å². The number of pyridine rings is 1. The highest BCUT2D eigenvalue weighted by molar-refractivity contribution is 7.10. The van der Waals surface area contributed by atoms with E-state index in [1.165, 1.54) is 22.7 Å². The lowest BCUT2D eigenvalue weighted by molar-refractivity contribution is 1.17. The van der Waals surface area contributed by atoms with Gasteiger partial charge >= 0.3 is 0 Å². The molecule has 37 heavy (non-hydrogen) atoms. The first-order chi connectivity index (χ1) is 17.6. The molecular formula is C29H31N7S. The van der Waals surface area contributed by atoms with Gasteiger partial charge in [-0.15, -0.1) is 10.2 Å². The minimum Gasteiger partial charge on any atom is -0.340 e. The Morgan fingerprint density at radius 3 is 1.81 bits per heavy atom. The number of aryl methyl sites for hydroxylation is 8. The molecule has 8 heteroatoms. The van der Waals surface area contributed by atoms with Gasteiger partial charge < -0.3 is 10.6 Å². The molecule has 0 aliphatic rings. The van der Waals surface area contributed by atoms with Crippen LogP contribution in [0.4, 0.5) is 33.7 Å². The Hall–Kier alpha value is -4.09. The highest BCUT2D eigenvalue weighted by Crippen LogP contribution is 2.37. The minimum atomic E-state index is 0.447. The Bertz CT molecular complexity index is 1530. The lowest BCUT2D eigenvalue weighted by Gasteiger charge is -2.18. The molecular weight excluding hydrogens is 478 g/mol. The van der Waals surface area contributed by atoms with Crippen LogP contribution in [-0.2, 0) is 0 Å². The van der Waals surface area contributed by atoms with Crippen LogP contribution < -0.4 is 10.6 Å². The van der Waals surface area contributed by atoms with Crippen LogP contribution in [0, 0.1) is 66.7 Å². The fourth-order valence-corrected chi connectivity index (χ4v) is 5.27.